The van der Waals surface area contributed by atoms with Gasteiger partial charge >= 0.3 is 0 Å². The van der Waals surface area contributed by atoms with Crippen LogP contribution in [0.15, 0.2) is 0 Å². The Morgan fingerprint density at radius 2 is 1.75 bits per heavy atom. The molecule has 0 saturated heterocycles. The van der Waals surface area contributed by atoms with Crippen molar-refractivity contribution in [2.24, 2.45) is 11.3 Å². The van der Waals surface area contributed by atoms with Crippen LogP contribution in [0.5, 0.6) is 0 Å². The highest BCUT2D eigenvalue weighted by atomic mass is 16.5. The summed E-state index contributed by atoms with van der Waals surface area (Å²) in [5.74, 6) is -1.39. The molecule has 1 unspecified atom stereocenters. The van der Waals surface area contributed by atoms with E-state index in [0.717, 1.165) is 19.3 Å². The van der Waals surface area contributed by atoms with Crippen LogP contribution in [-0.2, 0) is 0 Å². The molecule has 0 aromatic rings. The third kappa shape index (κ3) is 1.99. The lowest BCUT2D eigenvalue weighted by Crippen LogP contribution is -2.46. The summed E-state index contributed by atoms with van der Waals surface area (Å²) in [7, 11) is 0. The second-order valence-corrected chi connectivity index (χ2v) is 5.04. The Labute approximate surface area is 74.6 Å². The third-order valence-corrected chi connectivity index (χ3v) is 2.89. The van der Waals surface area contributed by atoms with Crippen molar-refractivity contribution >= 4 is 0 Å². The zero-order valence-corrected chi connectivity index (χ0v) is 8.30. The Hall–Kier alpha value is -0.0800. The van der Waals surface area contributed by atoms with Crippen LogP contribution in [0.1, 0.15) is 46.5 Å². The molecule has 0 amide bonds. The van der Waals surface area contributed by atoms with E-state index >= 15 is 0 Å². The maximum absolute atomic E-state index is 9.73. The molecule has 1 fully saturated rings. The van der Waals surface area contributed by atoms with Crippen molar-refractivity contribution in [3.05, 3.63) is 0 Å². The molecule has 0 aromatic carbocycles. The summed E-state index contributed by atoms with van der Waals surface area (Å²) < 4.78 is 0. The lowest BCUT2D eigenvalue weighted by atomic mass is 9.69. The Bertz CT molecular complexity index is 156. The van der Waals surface area contributed by atoms with E-state index in [-0.39, 0.29) is 11.3 Å². The second-order valence-electron chi connectivity index (χ2n) is 5.04. The lowest BCUT2D eigenvalue weighted by molar-refractivity contribution is -0.238. The van der Waals surface area contributed by atoms with Crippen LogP contribution in [-0.4, -0.2) is 16.0 Å². The van der Waals surface area contributed by atoms with Gasteiger partial charge in [-0.15, -0.1) is 0 Å². The van der Waals surface area contributed by atoms with E-state index in [1.807, 2.05) is 0 Å². The third-order valence-electron chi connectivity index (χ3n) is 2.89. The first kappa shape index (κ1) is 10.0. The predicted octanol–water partition coefficient (Wildman–Crippen LogP) is 1.90. The quantitative estimate of drug-likeness (QED) is 0.548. The van der Waals surface area contributed by atoms with Crippen molar-refractivity contribution < 1.29 is 10.2 Å². The molecule has 12 heavy (non-hydrogen) atoms. The summed E-state index contributed by atoms with van der Waals surface area (Å²) in [6.07, 6.45) is 3.55. The van der Waals surface area contributed by atoms with Gasteiger partial charge in [0, 0.05) is 12.3 Å². The van der Waals surface area contributed by atoms with E-state index in [1.165, 1.54) is 0 Å². The normalized spacial score (nSPS) is 30.2. The largest absolute Gasteiger partial charge is 0.365 e. The molecule has 1 atom stereocenters. The minimum absolute atomic E-state index is 0.00389. The van der Waals surface area contributed by atoms with Crippen LogP contribution in [0.25, 0.3) is 0 Å². The van der Waals surface area contributed by atoms with Crippen molar-refractivity contribution in [1.29, 1.82) is 0 Å². The van der Waals surface area contributed by atoms with E-state index in [2.05, 4.69) is 20.8 Å². The van der Waals surface area contributed by atoms with Crippen molar-refractivity contribution in [3.8, 4) is 0 Å². The van der Waals surface area contributed by atoms with Crippen molar-refractivity contribution in [2.45, 2.75) is 52.2 Å². The molecule has 0 bridgehead atoms. The SMILES string of the molecule is CC(C)(C)C1CCCCC1(O)O. The zero-order chi connectivity index (χ0) is 9.41. The Kier molecular flexibility index (Phi) is 2.50. The smallest absolute Gasteiger partial charge is 0.165 e. The molecule has 1 rings (SSSR count). The van der Waals surface area contributed by atoms with Gasteiger partial charge in [0.2, 0.25) is 0 Å². The summed E-state index contributed by atoms with van der Waals surface area (Å²) in [6.45, 7) is 6.22. The summed E-state index contributed by atoms with van der Waals surface area (Å²) >= 11 is 0. The fourth-order valence-electron chi connectivity index (χ4n) is 2.27. The maximum atomic E-state index is 9.73. The van der Waals surface area contributed by atoms with E-state index in [9.17, 15) is 10.2 Å². The molecule has 1 aliphatic rings. The Balaban J connectivity index is 2.73. The van der Waals surface area contributed by atoms with Gasteiger partial charge in [0.25, 0.3) is 0 Å². The van der Waals surface area contributed by atoms with Crippen LogP contribution >= 0.6 is 0 Å². The molecule has 0 heterocycles. The van der Waals surface area contributed by atoms with Crippen molar-refractivity contribution in [2.75, 3.05) is 0 Å². The highest BCUT2D eigenvalue weighted by Crippen LogP contribution is 2.42. The van der Waals surface area contributed by atoms with Gasteiger partial charge in [-0.2, -0.15) is 0 Å². The molecule has 0 aromatic heterocycles. The van der Waals surface area contributed by atoms with Crippen LogP contribution in [0, 0.1) is 11.3 Å². The topological polar surface area (TPSA) is 40.5 Å². The number of hydrogen-bond donors (Lipinski definition) is 2. The fourth-order valence-corrected chi connectivity index (χ4v) is 2.27. The molecular weight excluding hydrogens is 152 g/mol. The van der Waals surface area contributed by atoms with Gasteiger partial charge in [0.05, 0.1) is 0 Å². The average molecular weight is 172 g/mol. The van der Waals surface area contributed by atoms with Gasteiger partial charge < -0.3 is 10.2 Å². The van der Waals surface area contributed by atoms with Gasteiger partial charge in [-0.3, -0.25) is 0 Å². The fraction of sp³-hybridized carbons (Fsp3) is 1.00. The molecular formula is C10H20O2. The number of rotatable bonds is 0. The van der Waals surface area contributed by atoms with Gasteiger partial charge in [0.1, 0.15) is 0 Å². The highest BCUT2D eigenvalue weighted by molar-refractivity contribution is 4.88. The second kappa shape index (κ2) is 3.00. The minimum Gasteiger partial charge on any atom is -0.365 e. The first-order valence-corrected chi connectivity index (χ1v) is 4.79. The molecule has 0 radical (unpaired) electrons. The van der Waals surface area contributed by atoms with Crippen molar-refractivity contribution in [3.63, 3.8) is 0 Å². The zero-order valence-electron chi connectivity index (χ0n) is 8.30. The molecule has 2 N–H and O–H groups in total. The van der Waals surface area contributed by atoms with Crippen molar-refractivity contribution in [1.82, 2.24) is 0 Å². The summed E-state index contributed by atoms with van der Waals surface area (Å²) in [6, 6.07) is 0. The highest BCUT2D eigenvalue weighted by Gasteiger charge is 2.43. The molecule has 1 aliphatic carbocycles. The lowest BCUT2D eigenvalue weighted by Gasteiger charge is -2.43. The number of hydrogen-bond acceptors (Lipinski definition) is 2. The molecule has 0 spiro atoms. The Morgan fingerprint density at radius 3 is 2.08 bits per heavy atom. The monoisotopic (exact) mass is 172 g/mol. The van der Waals surface area contributed by atoms with E-state index < -0.39 is 5.79 Å². The first-order chi connectivity index (χ1) is 5.34. The maximum Gasteiger partial charge on any atom is 0.165 e. The first-order valence-electron chi connectivity index (χ1n) is 4.79. The average Bonchev–Trinajstić information content (AvgIpc) is 1.83. The summed E-state index contributed by atoms with van der Waals surface area (Å²) in [5, 5.41) is 19.5. The van der Waals surface area contributed by atoms with E-state index in [0.29, 0.717) is 6.42 Å². The molecule has 1 saturated carbocycles. The molecule has 0 aliphatic heterocycles. The minimum atomic E-state index is -1.42. The molecule has 2 nitrogen and oxygen atoms in total. The van der Waals surface area contributed by atoms with E-state index in [1.54, 1.807) is 0 Å². The molecule has 72 valence electrons. The van der Waals surface area contributed by atoms with Crippen LogP contribution in [0.2, 0.25) is 0 Å². The van der Waals surface area contributed by atoms with Gasteiger partial charge in [0.15, 0.2) is 5.79 Å². The predicted molar refractivity (Wildman–Crippen MR) is 48.6 cm³/mol. The summed E-state index contributed by atoms with van der Waals surface area (Å²) in [4.78, 5) is 0. The summed E-state index contributed by atoms with van der Waals surface area (Å²) in [5.41, 5.74) is 0.00389. The van der Waals surface area contributed by atoms with Gasteiger partial charge in [-0.05, 0) is 18.3 Å². The Morgan fingerprint density at radius 1 is 1.17 bits per heavy atom. The van der Waals surface area contributed by atoms with Gasteiger partial charge in [-0.1, -0.05) is 27.2 Å². The van der Waals surface area contributed by atoms with Gasteiger partial charge in [-0.25, -0.2) is 0 Å². The number of aliphatic hydroxyl groups is 2. The van der Waals surface area contributed by atoms with Crippen LogP contribution in [0.4, 0.5) is 0 Å². The van der Waals surface area contributed by atoms with E-state index in [4.69, 9.17) is 0 Å². The van der Waals surface area contributed by atoms with Crippen LogP contribution < -0.4 is 0 Å². The standard InChI is InChI=1S/C10H20O2/c1-9(2,3)8-6-4-5-7-10(8,11)12/h8,11-12H,4-7H2,1-3H3. The van der Waals surface area contributed by atoms with Crippen LogP contribution in [0.3, 0.4) is 0 Å². The molecule has 2 heteroatoms.